The van der Waals surface area contributed by atoms with Crippen molar-refractivity contribution in [2.24, 2.45) is 0 Å². The average Bonchev–Trinajstić information content (AvgIpc) is 3.04. The topological polar surface area (TPSA) is 72.7 Å². The van der Waals surface area contributed by atoms with Crippen LogP contribution in [0.5, 0.6) is 0 Å². The molecule has 1 heterocycles. The zero-order valence-electron chi connectivity index (χ0n) is 13.1. The molecule has 0 saturated heterocycles. The van der Waals surface area contributed by atoms with Gasteiger partial charge in [-0.25, -0.2) is 4.39 Å². The van der Waals surface area contributed by atoms with Crippen LogP contribution in [0.2, 0.25) is 0 Å². The number of nitrogens with zero attached hydrogens (tertiary/aromatic N) is 4. The largest absolute Gasteiger partial charge is 0.348 e. The maximum atomic E-state index is 12.9. The van der Waals surface area contributed by atoms with E-state index in [0.717, 1.165) is 5.56 Å². The van der Waals surface area contributed by atoms with E-state index in [1.54, 1.807) is 12.1 Å². The Bertz CT molecular complexity index is 817. The normalized spacial score (nSPS) is 11.9. The lowest BCUT2D eigenvalue weighted by Gasteiger charge is -2.13. The van der Waals surface area contributed by atoms with Crippen LogP contribution >= 0.6 is 0 Å². The SMILES string of the molecule is C[C@@H](NC(=O)Cn1nnc(-c2ccc(F)cc2)n1)c1ccccc1. The maximum Gasteiger partial charge on any atom is 0.244 e. The molecule has 1 N–H and O–H groups in total. The molecule has 6 nitrogen and oxygen atoms in total. The number of aromatic nitrogens is 4. The van der Waals surface area contributed by atoms with Crippen molar-refractivity contribution >= 4 is 5.91 Å². The standard InChI is InChI=1S/C17H16FN5O/c1-12(13-5-3-2-4-6-13)19-16(24)11-23-21-17(20-22-23)14-7-9-15(18)10-8-14/h2-10,12H,11H2,1H3,(H,19,24)/t12-/m1/s1. The highest BCUT2D eigenvalue weighted by atomic mass is 19.1. The predicted molar refractivity (Wildman–Crippen MR) is 86.2 cm³/mol. The van der Waals surface area contributed by atoms with Crippen molar-refractivity contribution in [3.05, 3.63) is 66.0 Å². The molecular formula is C17H16FN5O. The Kier molecular flexibility index (Phi) is 4.60. The van der Waals surface area contributed by atoms with Gasteiger partial charge in [0.05, 0.1) is 6.04 Å². The van der Waals surface area contributed by atoms with Crippen LogP contribution < -0.4 is 5.32 Å². The number of benzene rings is 2. The van der Waals surface area contributed by atoms with E-state index in [2.05, 4.69) is 20.7 Å². The highest BCUT2D eigenvalue weighted by Gasteiger charge is 2.12. The van der Waals surface area contributed by atoms with Crippen molar-refractivity contribution < 1.29 is 9.18 Å². The van der Waals surface area contributed by atoms with Gasteiger partial charge >= 0.3 is 0 Å². The summed E-state index contributed by atoms with van der Waals surface area (Å²) in [5, 5.41) is 14.8. The fraction of sp³-hybridized carbons (Fsp3) is 0.176. The number of amides is 1. The summed E-state index contributed by atoms with van der Waals surface area (Å²) >= 11 is 0. The first-order valence-corrected chi connectivity index (χ1v) is 7.50. The lowest BCUT2D eigenvalue weighted by atomic mass is 10.1. The Morgan fingerprint density at radius 1 is 1.17 bits per heavy atom. The van der Waals surface area contributed by atoms with Crippen LogP contribution in [0.1, 0.15) is 18.5 Å². The molecule has 1 amide bonds. The van der Waals surface area contributed by atoms with E-state index in [-0.39, 0.29) is 24.3 Å². The third-order valence-electron chi connectivity index (χ3n) is 3.52. The quantitative estimate of drug-likeness (QED) is 0.781. The fourth-order valence-corrected chi connectivity index (χ4v) is 2.27. The molecule has 0 aliphatic rings. The molecule has 3 rings (SSSR count). The number of carbonyl (C=O) groups excluding carboxylic acids is 1. The van der Waals surface area contributed by atoms with Gasteiger partial charge in [-0.3, -0.25) is 4.79 Å². The van der Waals surface area contributed by atoms with Gasteiger partial charge in [-0.1, -0.05) is 30.3 Å². The van der Waals surface area contributed by atoms with Gasteiger partial charge in [-0.15, -0.1) is 10.2 Å². The molecule has 1 aromatic heterocycles. The minimum absolute atomic E-state index is 0.0363. The zero-order chi connectivity index (χ0) is 16.9. The van der Waals surface area contributed by atoms with Crippen LogP contribution in [-0.2, 0) is 11.3 Å². The molecule has 3 aromatic rings. The molecule has 0 unspecified atom stereocenters. The molecular weight excluding hydrogens is 309 g/mol. The summed E-state index contributed by atoms with van der Waals surface area (Å²) in [4.78, 5) is 13.3. The number of hydrogen-bond acceptors (Lipinski definition) is 4. The second-order valence-corrected chi connectivity index (χ2v) is 5.35. The molecule has 7 heteroatoms. The first-order chi connectivity index (χ1) is 11.6. The van der Waals surface area contributed by atoms with E-state index >= 15 is 0 Å². The molecule has 2 aromatic carbocycles. The van der Waals surface area contributed by atoms with Crippen molar-refractivity contribution in [3.63, 3.8) is 0 Å². The van der Waals surface area contributed by atoms with Crippen LogP contribution in [0.25, 0.3) is 11.4 Å². The highest BCUT2D eigenvalue weighted by molar-refractivity contribution is 5.76. The van der Waals surface area contributed by atoms with Crippen molar-refractivity contribution in [3.8, 4) is 11.4 Å². The van der Waals surface area contributed by atoms with Crippen LogP contribution in [-0.4, -0.2) is 26.1 Å². The Morgan fingerprint density at radius 2 is 1.88 bits per heavy atom. The Balaban J connectivity index is 1.62. The molecule has 0 aliphatic carbocycles. The first kappa shape index (κ1) is 15.8. The molecule has 0 spiro atoms. The molecule has 24 heavy (non-hydrogen) atoms. The average molecular weight is 325 g/mol. The van der Waals surface area contributed by atoms with Crippen molar-refractivity contribution in [1.82, 2.24) is 25.5 Å². The second-order valence-electron chi connectivity index (χ2n) is 5.35. The van der Waals surface area contributed by atoms with Gasteiger partial charge < -0.3 is 5.32 Å². The Hall–Kier alpha value is -3.09. The van der Waals surface area contributed by atoms with Crippen molar-refractivity contribution in [2.75, 3.05) is 0 Å². The lowest BCUT2D eigenvalue weighted by molar-refractivity contribution is -0.122. The number of hydrogen-bond donors (Lipinski definition) is 1. The summed E-state index contributed by atoms with van der Waals surface area (Å²) in [6, 6.07) is 15.3. The molecule has 0 saturated carbocycles. The summed E-state index contributed by atoms with van der Waals surface area (Å²) in [5.41, 5.74) is 1.66. The van der Waals surface area contributed by atoms with Crippen molar-refractivity contribution in [1.29, 1.82) is 0 Å². The molecule has 122 valence electrons. The minimum Gasteiger partial charge on any atom is -0.348 e. The Morgan fingerprint density at radius 3 is 2.58 bits per heavy atom. The number of halogens is 1. The van der Waals surface area contributed by atoms with E-state index in [1.165, 1.54) is 16.9 Å². The fourth-order valence-electron chi connectivity index (χ4n) is 2.27. The van der Waals surface area contributed by atoms with Crippen molar-refractivity contribution in [2.45, 2.75) is 19.5 Å². The number of carbonyl (C=O) groups is 1. The van der Waals surface area contributed by atoms with Gasteiger partial charge in [0, 0.05) is 5.56 Å². The van der Waals surface area contributed by atoms with Crippen LogP contribution in [0, 0.1) is 5.82 Å². The number of rotatable bonds is 5. The molecule has 0 bridgehead atoms. The molecule has 0 fully saturated rings. The van der Waals surface area contributed by atoms with Gasteiger partial charge in [0.15, 0.2) is 0 Å². The number of nitrogens with one attached hydrogen (secondary N) is 1. The van der Waals surface area contributed by atoms with Gasteiger partial charge in [-0.2, -0.15) is 4.80 Å². The van der Waals surface area contributed by atoms with Gasteiger partial charge in [0.2, 0.25) is 11.7 Å². The maximum absolute atomic E-state index is 12.9. The monoisotopic (exact) mass is 325 g/mol. The third-order valence-corrected chi connectivity index (χ3v) is 3.52. The summed E-state index contributed by atoms with van der Waals surface area (Å²) in [7, 11) is 0. The molecule has 1 atom stereocenters. The summed E-state index contributed by atoms with van der Waals surface area (Å²) in [6.45, 7) is 1.87. The summed E-state index contributed by atoms with van der Waals surface area (Å²) in [6.07, 6.45) is 0. The predicted octanol–water partition coefficient (Wildman–Crippen LogP) is 2.36. The van der Waals surface area contributed by atoms with Gasteiger partial charge in [0.25, 0.3) is 0 Å². The van der Waals surface area contributed by atoms with E-state index in [9.17, 15) is 9.18 Å². The van der Waals surface area contributed by atoms with Crippen LogP contribution in [0.3, 0.4) is 0 Å². The zero-order valence-corrected chi connectivity index (χ0v) is 13.1. The smallest absolute Gasteiger partial charge is 0.244 e. The van der Waals surface area contributed by atoms with E-state index in [0.29, 0.717) is 11.4 Å². The first-order valence-electron chi connectivity index (χ1n) is 7.50. The van der Waals surface area contributed by atoms with E-state index in [1.807, 2.05) is 37.3 Å². The van der Waals surface area contributed by atoms with Crippen LogP contribution in [0.4, 0.5) is 4.39 Å². The van der Waals surface area contributed by atoms with E-state index < -0.39 is 0 Å². The van der Waals surface area contributed by atoms with Crippen LogP contribution in [0.15, 0.2) is 54.6 Å². The highest BCUT2D eigenvalue weighted by Crippen LogP contribution is 2.14. The second kappa shape index (κ2) is 6.99. The summed E-state index contributed by atoms with van der Waals surface area (Å²) < 4.78 is 12.9. The minimum atomic E-state index is -0.333. The number of tetrazole rings is 1. The van der Waals surface area contributed by atoms with E-state index in [4.69, 9.17) is 0 Å². The summed E-state index contributed by atoms with van der Waals surface area (Å²) in [5.74, 6) is -0.200. The lowest BCUT2D eigenvalue weighted by Crippen LogP contribution is -2.30. The van der Waals surface area contributed by atoms with Gasteiger partial charge in [0.1, 0.15) is 12.4 Å². The third kappa shape index (κ3) is 3.81. The molecule has 0 aliphatic heterocycles. The Labute approximate surface area is 138 Å². The van der Waals surface area contributed by atoms with Gasteiger partial charge in [-0.05, 0) is 42.0 Å². The molecule has 0 radical (unpaired) electrons.